The van der Waals surface area contributed by atoms with Crippen molar-refractivity contribution in [2.45, 2.75) is 52.6 Å². The third kappa shape index (κ3) is 4.81. The monoisotopic (exact) mass is 366 g/mol. The highest BCUT2D eigenvalue weighted by Gasteiger charge is 2.31. The fourth-order valence-corrected chi connectivity index (χ4v) is 3.37. The van der Waals surface area contributed by atoms with E-state index in [-0.39, 0.29) is 11.7 Å². The van der Waals surface area contributed by atoms with Crippen LogP contribution >= 0.6 is 0 Å². The lowest BCUT2D eigenvalue weighted by Gasteiger charge is -2.36. The average Bonchev–Trinajstić information content (AvgIpc) is 2.64. The van der Waals surface area contributed by atoms with Crippen LogP contribution in [-0.2, 0) is 9.78 Å². The molecule has 0 saturated heterocycles. The highest BCUT2D eigenvalue weighted by atomic mass is 17.2. The molecule has 0 aromatic heterocycles. The maximum absolute atomic E-state index is 12.4. The van der Waals surface area contributed by atoms with Gasteiger partial charge in [0, 0.05) is 12.1 Å². The number of benzene rings is 1. The van der Waals surface area contributed by atoms with Crippen LogP contribution < -0.4 is 14.2 Å². The molecule has 6 heteroatoms. The molecule has 0 bridgehead atoms. The molecular formula is C20H30O6. The predicted molar refractivity (Wildman–Crippen MR) is 97.8 cm³/mol. The van der Waals surface area contributed by atoms with Crippen LogP contribution in [0.3, 0.4) is 0 Å². The Balaban J connectivity index is 1.98. The molecule has 26 heavy (non-hydrogen) atoms. The van der Waals surface area contributed by atoms with Crippen molar-refractivity contribution in [2.24, 2.45) is 11.3 Å². The summed E-state index contributed by atoms with van der Waals surface area (Å²) < 4.78 is 15.7. The first-order valence-corrected chi connectivity index (χ1v) is 8.97. The molecule has 0 atom stereocenters. The summed E-state index contributed by atoms with van der Waals surface area (Å²) in [5.41, 5.74) is 0.530. The van der Waals surface area contributed by atoms with Crippen molar-refractivity contribution < 1.29 is 28.8 Å². The molecule has 1 aliphatic carbocycles. The second-order valence-corrected chi connectivity index (χ2v) is 7.71. The maximum atomic E-state index is 12.4. The molecule has 0 unspecified atom stereocenters. The van der Waals surface area contributed by atoms with Gasteiger partial charge in [-0.25, -0.2) is 4.79 Å². The average molecular weight is 366 g/mol. The van der Waals surface area contributed by atoms with E-state index < -0.39 is 5.97 Å². The molecule has 1 aromatic rings. The van der Waals surface area contributed by atoms with Crippen molar-refractivity contribution in [3.63, 3.8) is 0 Å². The summed E-state index contributed by atoms with van der Waals surface area (Å²) in [7, 11) is 4.50. The summed E-state index contributed by atoms with van der Waals surface area (Å²) in [6.45, 7) is 6.80. The maximum Gasteiger partial charge on any atom is 0.376 e. The fourth-order valence-electron chi connectivity index (χ4n) is 3.37. The zero-order valence-electron chi connectivity index (χ0n) is 16.6. The molecule has 2 rings (SSSR count). The molecule has 1 fully saturated rings. The van der Waals surface area contributed by atoms with Crippen molar-refractivity contribution in [1.82, 2.24) is 0 Å². The van der Waals surface area contributed by atoms with Crippen LogP contribution in [0.1, 0.15) is 56.8 Å². The van der Waals surface area contributed by atoms with E-state index in [1.54, 1.807) is 6.07 Å². The Morgan fingerprint density at radius 3 is 1.92 bits per heavy atom. The lowest BCUT2D eigenvalue weighted by molar-refractivity contribution is -0.281. The SMILES string of the molecule is COc1cc(OC)c(C(=O)OOC2CCC(C(C)(C)C)CC2)cc1OC. The molecular weight excluding hydrogens is 336 g/mol. The van der Waals surface area contributed by atoms with Gasteiger partial charge in [0.25, 0.3) is 0 Å². The molecule has 6 nitrogen and oxygen atoms in total. The smallest absolute Gasteiger partial charge is 0.376 e. The molecule has 0 radical (unpaired) electrons. The quantitative estimate of drug-likeness (QED) is 0.549. The van der Waals surface area contributed by atoms with E-state index in [0.29, 0.717) is 28.6 Å². The number of carbonyl (C=O) groups is 1. The van der Waals surface area contributed by atoms with Gasteiger partial charge in [-0.3, -0.25) is 4.89 Å². The summed E-state index contributed by atoms with van der Waals surface area (Å²) in [6.07, 6.45) is 3.86. The molecule has 0 amide bonds. The number of carbonyl (C=O) groups excluding carboxylic acids is 1. The van der Waals surface area contributed by atoms with Gasteiger partial charge in [-0.2, -0.15) is 4.89 Å². The largest absolute Gasteiger partial charge is 0.496 e. The molecule has 0 aliphatic heterocycles. The molecule has 146 valence electrons. The van der Waals surface area contributed by atoms with Gasteiger partial charge >= 0.3 is 5.97 Å². The van der Waals surface area contributed by atoms with Crippen molar-refractivity contribution in [1.29, 1.82) is 0 Å². The van der Waals surface area contributed by atoms with Gasteiger partial charge in [-0.05, 0) is 37.0 Å². The summed E-state index contributed by atoms with van der Waals surface area (Å²) in [5, 5.41) is 0. The Morgan fingerprint density at radius 2 is 1.42 bits per heavy atom. The normalized spacial score (nSPS) is 20.4. The minimum absolute atomic E-state index is 0.0660. The van der Waals surface area contributed by atoms with Crippen molar-refractivity contribution in [2.75, 3.05) is 21.3 Å². The standard InChI is InChI=1S/C20H30O6/c1-20(2,3)13-7-9-14(10-8-13)25-26-19(21)15-11-17(23-5)18(24-6)12-16(15)22-4/h11-14H,7-10H2,1-6H3. The third-order valence-corrected chi connectivity index (χ3v) is 5.08. The number of hydrogen-bond donors (Lipinski definition) is 0. The van der Waals surface area contributed by atoms with Crippen LogP contribution in [0.4, 0.5) is 0 Å². The zero-order chi connectivity index (χ0) is 19.3. The minimum atomic E-state index is -0.610. The van der Waals surface area contributed by atoms with Gasteiger partial charge < -0.3 is 14.2 Å². The lowest BCUT2D eigenvalue weighted by atomic mass is 9.72. The highest BCUT2D eigenvalue weighted by molar-refractivity contribution is 5.93. The van der Waals surface area contributed by atoms with E-state index in [9.17, 15) is 4.79 Å². The van der Waals surface area contributed by atoms with E-state index in [2.05, 4.69) is 20.8 Å². The Labute approximate surface area is 155 Å². The first-order chi connectivity index (χ1) is 12.3. The first kappa shape index (κ1) is 20.4. The Kier molecular flexibility index (Phi) is 6.75. The van der Waals surface area contributed by atoms with Crippen LogP contribution in [0.15, 0.2) is 12.1 Å². The molecule has 1 saturated carbocycles. The Morgan fingerprint density at radius 1 is 0.885 bits per heavy atom. The van der Waals surface area contributed by atoms with Gasteiger partial charge in [-0.15, -0.1) is 0 Å². The van der Waals surface area contributed by atoms with Crippen molar-refractivity contribution >= 4 is 5.97 Å². The predicted octanol–water partition coefficient (Wildman–Crippen LogP) is 4.41. The molecule has 1 aliphatic rings. The number of rotatable bonds is 6. The van der Waals surface area contributed by atoms with Crippen LogP contribution in [0.5, 0.6) is 17.2 Å². The first-order valence-electron chi connectivity index (χ1n) is 8.97. The number of hydrogen-bond acceptors (Lipinski definition) is 6. The summed E-state index contributed by atoms with van der Waals surface area (Å²) >= 11 is 0. The molecule has 0 heterocycles. The summed E-state index contributed by atoms with van der Waals surface area (Å²) in [4.78, 5) is 22.9. The van der Waals surface area contributed by atoms with E-state index in [1.807, 2.05) is 0 Å². The van der Waals surface area contributed by atoms with Crippen molar-refractivity contribution in [3.05, 3.63) is 17.7 Å². The van der Waals surface area contributed by atoms with Crippen LogP contribution in [0.25, 0.3) is 0 Å². The van der Waals surface area contributed by atoms with E-state index in [4.69, 9.17) is 24.0 Å². The summed E-state index contributed by atoms with van der Waals surface area (Å²) in [6, 6.07) is 3.11. The molecule has 0 spiro atoms. The van der Waals surface area contributed by atoms with Gasteiger partial charge in [0.15, 0.2) is 11.5 Å². The van der Waals surface area contributed by atoms with E-state index >= 15 is 0 Å². The Bertz CT molecular complexity index is 611. The van der Waals surface area contributed by atoms with Gasteiger partial charge in [0.05, 0.1) is 21.3 Å². The fraction of sp³-hybridized carbons (Fsp3) is 0.650. The second kappa shape index (κ2) is 8.62. The van der Waals surface area contributed by atoms with Crippen molar-refractivity contribution in [3.8, 4) is 17.2 Å². The van der Waals surface area contributed by atoms with Crippen LogP contribution in [0, 0.1) is 11.3 Å². The van der Waals surface area contributed by atoms with E-state index in [0.717, 1.165) is 25.7 Å². The van der Waals surface area contributed by atoms with Crippen LogP contribution in [0.2, 0.25) is 0 Å². The molecule has 0 N–H and O–H groups in total. The Hall–Kier alpha value is -1.95. The van der Waals surface area contributed by atoms with Gasteiger partial charge in [0.2, 0.25) is 0 Å². The van der Waals surface area contributed by atoms with Gasteiger partial charge in [0.1, 0.15) is 17.4 Å². The topological polar surface area (TPSA) is 63.2 Å². The lowest BCUT2D eigenvalue weighted by Crippen LogP contribution is -2.29. The highest BCUT2D eigenvalue weighted by Crippen LogP contribution is 2.39. The number of ether oxygens (including phenoxy) is 3. The third-order valence-electron chi connectivity index (χ3n) is 5.08. The zero-order valence-corrected chi connectivity index (χ0v) is 16.6. The van der Waals surface area contributed by atoms with E-state index in [1.165, 1.54) is 27.4 Å². The molecule has 1 aromatic carbocycles. The summed E-state index contributed by atoms with van der Waals surface area (Å²) in [5.74, 6) is 1.30. The second-order valence-electron chi connectivity index (χ2n) is 7.71. The van der Waals surface area contributed by atoms with Gasteiger partial charge in [-0.1, -0.05) is 20.8 Å². The number of methoxy groups -OCH3 is 3. The van der Waals surface area contributed by atoms with Crippen LogP contribution in [-0.4, -0.2) is 33.4 Å². The minimum Gasteiger partial charge on any atom is -0.496 e.